The summed E-state index contributed by atoms with van der Waals surface area (Å²) in [5.41, 5.74) is -1.49. The summed E-state index contributed by atoms with van der Waals surface area (Å²) in [5, 5.41) is 15.8. The highest BCUT2D eigenvalue weighted by atomic mass is 32.1. The molecule has 3 aliphatic rings. The van der Waals surface area contributed by atoms with Crippen LogP contribution in [0.25, 0.3) is 0 Å². The fraction of sp³-hybridized carbons (Fsp3) is 0.679. The topological polar surface area (TPSA) is 107 Å². The highest BCUT2D eigenvalue weighted by Crippen LogP contribution is 2.39. The molecule has 3 heterocycles. The highest BCUT2D eigenvalue weighted by molar-refractivity contribution is 7.81. The first-order chi connectivity index (χ1) is 18.4. The lowest BCUT2D eigenvalue weighted by atomic mass is 10.0. The zero-order chi connectivity index (χ0) is 28.5. The monoisotopic (exact) mass is 563 g/mol. The van der Waals surface area contributed by atoms with E-state index < -0.39 is 24.0 Å². The molecule has 3 N–H and O–H groups in total. The second-order valence-corrected chi connectivity index (χ2v) is 12.1. The molecular weight excluding hydrogens is 524 g/mol. The summed E-state index contributed by atoms with van der Waals surface area (Å²) < 4.78 is 28.7. The SMILES string of the molecule is CCC(Nc1cc(C(F)F)c(C(=S)C(N=C(C)C(=O)NCC(C)(C)O)C(=O)N2C3CCC2CC3)cn1)C1CC1. The van der Waals surface area contributed by atoms with Crippen LogP contribution in [0.15, 0.2) is 17.3 Å². The Bertz CT molecular complexity index is 1110. The van der Waals surface area contributed by atoms with Gasteiger partial charge in [0, 0.05) is 42.0 Å². The number of thiocarbonyl (C=S) groups is 1. The van der Waals surface area contributed by atoms with Crippen LogP contribution in [0.3, 0.4) is 0 Å². The molecule has 2 saturated heterocycles. The van der Waals surface area contributed by atoms with Gasteiger partial charge in [-0.2, -0.15) is 0 Å². The summed E-state index contributed by atoms with van der Waals surface area (Å²) in [5.74, 6) is -0.0756. The van der Waals surface area contributed by atoms with E-state index in [9.17, 15) is 23.5 Å². The lowest BCUT2D eigenvalue weighted by molar-refractivity contribution is -0.132. The number of nitrogens with zero attached hydrogens (tertiary/aromatic N) is 3. The van der Waals surface area contributed by atoms with Crippen molar-refractivity contribution >= 4 is 40.4 Å². The molecule has 1 saturated carbocycles. The average molecular weight is 564 g/mol. The first-order valence-corrected chi connectivity index (χ1v) is 14.3. The number of pyridine rings is 1. The fourth-order valence-corrected chi connectivity index (χ4v) is 5.97. The van der Waals surface area contributed by atoms with Crippen molar-refractivity contribution in [1.82, 2.24) is 15.2 Å². The molecule has 1 aliphatic carbocycles. The van der Waals surface area contributed by atoms with E-state index in [0.717, 1.165) is 44.9 Å². The molecule has 11 heteroatoms. The molecule has 2 amide bonds. The number of anilines is 1. The van der Waals surface area contributed by atoms with Crippen LogP contribution < -0.4 is 10.6 Å². The van der Waals surface area contributed by atoms with Gasteiger partial charge < -0.3 is 20.6 Å². The zero-order valence-electron chi connectivity index (χ0n) is 23.0. The van der Waals surface area contributed by atoms with E-state index in [1.165, 1.54) is 19.2 Å². The predicted octanol–water partition coefficient (Wildman–Crippen LogP) is 4.21. The largest absolute Gasteiger partial charge is 0.389 e. The van der Waals surface area contributed by atoms with Crippen molar-refractivity contribution in [3.05, 3.63) is 23.4 Å². The fourth-order valence-electron chi connectivity index (χ4n) is 5.64. The Morgan fingerprint density at radius 1 is 1.21 bits per heavy atom. The molecule has 0 spiro atoms. The first kappa shape index (κ1) is 29.5. The average Bonchev–Trinajstić information content (AvgIpc) is 3.56. The Morgan fingerprint density at radius 2 is 1.82 bits per heavy atom. The Morgan fingerprint density at radius 3 is 2.33 bits per heavy atom. The third-order valence-electron chi connectivity index (χ3n) is 7.92. The second kappa shape index (κ2) is 11.9. The highest BCUT2D eigenvalue weighted by Gasteiger charge is 2.45. The molecule has 0 aromatic carbocycles. The standard InChI is InChI=1S/C28H39F2N5O3S/c1-5-21(16-6-7-16)34-22-12-19(25(29)30)20(13-31-22)24(39)23(27(37)35-17-8-9-18(35)11-10-17)33-15(2)26(36)32-14-28(3,4)38/h12-13,16-18,21,23,25,38H,5-11,14H2,1-4H3,(H,31,34)(H,32,36). The van der Waals surface area contributed by atoms with Gasteiger partial charge in [-0.3, -0.25) is 14.6 Å². The van der Waals surface area contributed by atoms with Crippen LogP contribution in [0, 0.1) is 5.92 Å². The van der Waals surface area contributed by atoms with E-state index >= 15 is 0 Å². The predicted molar refractivity (Wildman–Crippen MR) is 150 cm³/mol. The maximum absolute atomic E-state index is 14.3. The van der Waals surface area contributed by atoms with Crippen molar-refractivity contribution in [2.75, 3.05) is 11.9 Å². The summed E-state index contributed by atoms with van der Waals surface area (Å²) in [4.78, 5) is 37.1. The van der Waals surface area contributed by atoms with E-state index in [-0.39, 0.29) is 52.3 Å². The number of hydrogen-bond acceptors (Lipinski definition) is 7. The van der Waals surface area contributed by atoms with Crippen LogP contribution in [-0.4, -0.2) is 73.7 Å². The first-order valence-electron chi connectivity index (χ1n) is 13.9. The molecule has 214 valence electrons. The van der Waals surface area contributed by atoms with Gasteiger partial charge in [0.25, 0.3) is 18.2 Å². The number of hydrogen-bond donors (Lipinski definition) is 3. The Balaban J connectivity index is 1.65. The molecular formula is C28H39F2N5O3S. The minimum Gasteiger partial charge on any atom is -0.389 e. The number of fused-ring (bicyclic) bond motifs is 2. The molecule has 8 nitrogen and oxygen atoms in total. The number of rotatable bonds is 12. The Hall–Kier alpha value is -2.53. The molecule has 1 aromatic heterocycles. The molecule has 39 heavy (non-hydrogen) atoms. The lowest BCUT2D eigenvalue weighted by Crippen LogP contribution is -2.46. The van der Waals surface area contributed by atoms with Crippen LogP contribution in [0.4, 0.5) is 14.6 Å². The van der Waals surface area contributed by atoms with Crippen molar-refractivity contribution in [3.63, 3.8) is 0 Å². The lowest BCUT2D eigenvalue weighted by Gasteiger charge is -2.27. The number of nitrogens with one attached hydrogen (secondary N) is 2. The van der Waals surface area contributed by atoms with Gasteiger partial charge in [-0.05, 0) is 77.7 Å². The van der Waals surface area contributed by atoms with Gasteiger partial charge in [0.15, 0.2) is 6.04 Å². The van der Waals surface area contributed by atoms with Gasteiger partial charge in [0.05, 0.1) is 16.2 Å². The molecule has 2 aliphatic heterocycles. The number of halogens is 2. The third-order valence-corrected chi connectivity index (χ3v) is 8.37. The zero-order valence-corrected chi connectivity index (χ0v) is 23.9. The number of carbonyl (C=O) groups is 2. The van der Waals surface area contributed by atoms with E-state index in [1.807, 2.05) is 6.92 Å². The van der Waals surface area contributed by atoms with E-state index in [1.54, 1.807) is 18.7 Å². The molecule has 1 aromatic rings. The molecule has 2 bridgehead atoms. The van der Waals surface area contributed by atoms with Gasteiger partial charge in [0.1, 0.15) is 5.82 Å². The second-order valence-electron chi connectivity index (χ2n) is 11.6. The normalized spacial score (nSPS) is 22.7. The minimum atomic E-state index is -2.85. The van der Waals surface area contributed by atoms with Gasteiger partial charge in [0.2, 0.25) is 0 Å². The van der Waals surface area contributed by atoms with E-state index in [4.69, 9.17) is 12.2 Å². The number of amides is 2. The summed E-state index contributed by atoms with van der Waals surface area (Å²) in [6, 6.07) is 0.294. The molecule has 2 unspecified atom stereocenters. The number of alkyl halides is 2. The molecule has 0 radical (unpaired) electrons. The van der Waals surface area contributed by atoms with Gasteiger partial charge in [-0.1, -0.05) is 19.1 Å². The van der Waals surface area contributed by atoms with Crippen LogP contribution in [0.2, 0.25) is 0 Å². The smallest absolute Gasteiger partial charge is 0.265 e. The number of aliphatic imine (C=N–C) groups is 1. The Kier molecular flexibility index (Phi) is 9.00. The molecule has 2 atom stereocenters. The van der Waals surface area contributed by atoms with Gasteiger partial charge in [-0.25, -0.2) is 13.8 Å². The summed E-state index contributed by atoms with van der Waals surface area (Å²) >= 11 is 5.67. The van der Waals surface area contributed by atoms with E-state index in [2.05, 4.69) is 20.6 Å². The third kappa shape index (κ3) is 6.98. The van der Waals surface area contributed by atoms with Gasteiger partial charge in [-0.15, -0.1) is 0 Å². The minimum absolute atomic E-state index is 0.0108. The maximum atomic E-state index is 14.3. The summed E-state index contributed by atoms with van der Waals surface area (Å²) in [6.07, 6.45) is 5.06. The van der Waals surface area contributed by atoms with Crippen molar-refractivity contribution in [2.24, 2.45) is 10.9 Å². The maximum Gasteiger partial charge on any atom is 0.265 e. The van der Waals surface area contributed by atoms with Crippen molar-refractivity contribution in [2.45, 2.75) is 109 Å². The van der Waals surface area contributed by atoms with Crippen molar-refractivity contribution in [3.8, 4) is 0 Å². The van der Waals surface area contributed by atoms with Crippen LogP contribution in [-0.2, 0) is 9.59 Å². The Labute approximate surface area is 234 Å². The molecule has 4 rings (SSSR count). The number of carbonyl (C=O) groups excluding carboxylic acids is 2. The summed E-state index contributed by atoms with van der Waals surface area (Å²) in [6.45, 7) is 6.58. The number of aliphatic hydroxyl groups is 1. The van der Waals surface area contributed by atoms with Crippen LogP contribution in [0.1, 0.15) is 90.2 Å². The van der Waals surface area contributed by atoms with E-state index in [0.29, 0.717) is 11.7 Å². The van der Waals surface area contributed by atoms with Crippen molar-refractivity contribution < 1.29 is 23.5 Å². The molecule has 3 fully saturated rings. The van der Waals surface area contributed by atoms with Gasteiger partial charge >= 0.3 is 0 Å². The van der Waals surface area contributed by atoms with Crippen LogP contribution in [0.5, 0.6) is 0 Å². The quantitative estimate of drug-likeness (QED) is 0.200. The number of aromatic nitrogens is 1. The van der Waals surface area contributed by atoms with Crippen LogP contribution >= 0.6 is 12.2 Å². The summed E-state index contributed by atoms with van der Waals surface area (Å²) in [7, 11) is 0. The van der Waals surface area contributed by atoms with Crippen molar-refractivity contribution in [1.29, 1.82) is 0 Å².